The molecule has 0 saturated heterocycles. The third-order valence-corrected chi connectivity index (χ3v) is 3.69. The van der Waals surface area contributed by atoms with Crippen LogP contribution in [0.5, 0.6) is 0 Å². The fraction of sp³-hybridized carbons (Fsp3) is 0.353. The number of likely N-dealkylation sites (N-methyl/N-ethyl adjacent to an activating group) is 1. The second-order valence-corrected chi connectivity index (χ2v) is 5.31. The smallest absolute Gasteiger partial charge is 0.123 e. The van der Waals surface area contributed by atoms with Gasteiger partial charge in [0.05, 0.1) is 11.7 Å². The van der Waals surface area contributed by atoms with E-state index in [2.05, 4.69) is 16.8 Å². The lowest BCUT2D eigenvalue weighted by atomic mass is 10.0. The highest BCUT2D eigenvalue weighted by atomic mass is 19.1. The highest BCUT2D eigenvalue weighted by Crippen LogP contribution is 2.23. The first-order chi connectivity index (χ1) is 10.1. The van der Waals surface area contributed by atoms with Gasteiger partial charge in [-0.15, -0.1) is 0 Å². The van der Waals surface area contributed by atoms with Gasteiger partial charge in [-0.05, 0) is 43.3 Å². The standard InChI is InChI=1S/C17H22FN3/c1-3-15(19)17(16-6-4-5-11-20-16)21(2)12-13-7-9-14(18)10-8-13/h4-11,15,17H,3,12,19H2,1-2H3. The minimum Gasteiger partial charge on any atom is -0.326 e. The van der Waals surface area contributed by atoms with E-state index in [0.29, 0.717) is 6.54 Å². The summed E-state index contributed by atoms with van der Waals surface area (Å²) in [7, 11) is 2.03. The van der Waals surface area contributed by atoms with Crippen LogP contribution in [0.4, 0.5) is 4.39 Å². The summed E-state index contributed by atoms with van der Waals surface area (Å²) in [5.41, 5.74) is 8.31. The zero-order valence-corrected chi connectivity index (χ0v) is 12.5. The third kappa shape index (κ3) is 4.09. The SMILES string of the molecule is CCC(N)C(c1ccccn1)N(C)Cc1ccc(F)cc1. The van der Waals surface area contributed by atoms with Crippen LogP contribution in [0.2, 0.25) is 0 Å². The fourth-order valence-corrected chi connectivity index (χ4v) is 2.52. The van der Waals surface area contributed by atoms with Crippen molar-refractivity contribution in [3.8, 4) is 0 Å². The first-order valence-electron chi connectivity index (χ1n) is 7.23. The van der Waals surface area contributed by atoms with Crippen LogP contribution in [0.25, 0.3) is 0 Å². The molecule has 112 valence electrons. The minimum atomic E-state index is -0.215. The van der Waals surface area contributed by atoms with Crippen molar-refractivity contribution in [1.29, 1.82) is 0 Å². The Kier molecular flexibility index (Phi) is 5.42. The molecule has 0 aliphatic carbocycles. The van der Waals surface area contributed by atoms with Crippen LogP contribution in [0.1, 0.15) is 30.6 Å². The van der Waals surface area contributed by atoms with Crippen molar-refractivity contribution in [3.05, 3.63) is 65.7 Å². The summed E-state index contributed by atoms with van der Waals surface area (Å²) >= 11 is 0. The molecule has 1 aromatic heterocycles. The molecule has 2 N–H and O–H groups in total. The van der Waals surface area contributed by atoms with Crippen molar-refractivity contribution in [2.45, 2.75) is 32.0 Å². The summed E-state index contributed by atoms with van der Waals surface area (Å²) in [4.78, 5) is 6.61. The molecule has 0 aliphatic heterocycles. The molecule has 0 amide bonds. The first kappa shape index (κ1) is 15.6. The van der Waals surface area contributed by atoms with E-state index in [1.54, 1.807) is 18.3 Å². The summed E-state index contributed by atoms with van der Waals surface area (Å²) in [6.45, 7) is 2.78. The van der Waals surface area contributed by atoms with Gasteiger partial charge in [0.25, 0.3) is 0 Å². The molecule has 1 heterocycles. The number of halogens is 1. The maximum absolute atomic E-state index is 13.0. The van der Waals surface area contributed by atoms with E-state index >= 15 is 0 Å². The Morgan fingerprint density at radius 1 is 1.19 bits per heavy atom. The lowest BCUT2D eigenvalue weighted by Crippen LogP contribution is -2.39. The van der Waals surface area contributed by atoms with E-state index < -0.39 is 0 Å². The molecule has 2 atom stereocenters. The number of hydrogen-bond acceptors (Lipinski definition) is 3. The van der Waals surface area contributed by atoms with Gasteiger partial charge in [-0.1, -0.05) is 25.1 Å². The number of aromatic nitrogens is 1. The molecule has 1 aromatic carbocycles. The quantitative estimate of drug-likeness (QED) is 0.887. The molecule has 2 aromatic rings. The van der Waals surface area contributed by atoms with Crippen LogP contribution in [0.15, 0.2) is 48.7 Å². The van der Waals surface area contributed by atoms with E-state index in [1.165, 1.54) is 12.1 Å². The van der Waals surface area contributed by atoms with E-state index in [1.807, 2.05) is 25.2 Å². The van der Waals surface area contributed by atoms with E-state index in [-0.39, 0.29) is 17.9 Å². The molecule has 2 unspecified atom stereocenters. The molecule has 0 radical (unpaired) electrons. The number of hydrogen-bond donors (Lipinski definition) is 1. The molecular formula is C17H22FN3. The average Bonchev–Trinajstić information content (AvgIpc) is 2.50. The Morgan fingerprint density at radius 3 is 2.48 bits per heavy atom. The van der Waals surface area contributed by atoms with Crippen LogP contribution in [-0.2, 0) is 6.54 Å². The number of pyridine rings is 1. The number of nitrogens with zero attached hydrogens (tertiary/aromatic N) is 2. The first-order valence-corrected chi connectivity index (χ1v) is 7.23. The Morgan fingerprint density at radius 2 is 1.90 bits per heavy atom. The van der Waals surface area contributed by atoms with Gasteiger partial charge in [0.15, 0.2) is 0 Å². The van der Waals surface area contributed by atoms with Gasteiger partial charge in [-0.25, -0.2) is 4.39 Å². The largest absolute Gasteiger partial charge is 0.326 e. The van der Waals surface area contributed by atoms with Crippen molar-refractivity contribution in [2.75, 3.05) is 7.05 Å². The van der Waals surface area contributed by atoms with E-state index in [4.69, 9.17) is 5.73 Å². The average molecular weight is 287 g/mol. The van der Waals surface area contributed by atoms with Crippen molar-refractivity contribution in [3.63, 3.8) is 0 Å². The molecule has 0 fully saturated rings. The zero-order valence-electron chi connectivity index (χ0n) is 12.5. The van der Waals surface area contributed by atoms with Gasteiger partial charge in [0.2, 0.25) is 0 Å². The topological polar surface area (TPSA) is 42.1 Å². The normalized spacial score (nSPS) is 14.1. The zero-order chi connectivity index (χ0) is 15.2. The molecule has 0 aliphatic rings. The maximum atomic E-state index is 13.0. The van der Waals surface area contributed by atoms with Gasteiger partial charge in [-0.2, -0.15) is 0 Å². The summed E-state index contributed by atoms with van der Waals surface area (Å²) < 4.78 is 13.0. The number of rotatable bonds is 6. The van der Waals surface area contributed by atoms with E-state index in [0.717, 1.165) is 17.7 Å². The van der Waals surface area contributed by atoms with Gasteiger partial charge in [0.1, 0.15) is 5.82 Å². The summed E-state index contributed by atoms with van der Waals surface area (Å²) in [5, 5.41) is 0. The minimum absolute atomic E-state index is 0.00495. The van der Waals surface area contributed by atoms with Gasteiger partial charge in [-0.3, -0.25) is 9.88 Å². The second-order valence-electron chi connectivity index (χ2n) is 5.31. The van der Waals surface area contributed by atoms with Crippen molar-refractivity contribution in [1.82, 2.24) is 9.88 Å². The van der Waals surface area contributed by atoms with Crippen molar-refractivity contribution >= 4 is 0 Å². The molecule has 0 bridgehead atoms. The van der Waals surface area contributed by atoms with Crippen molar-refractivity contribution < 1.29 is 4.39 Å². The Balaban J connectivity index is 2.18. The van der Waals surface area contributed by atoms with Crippen LogP contribution in [0.3, 0.4) is 0 Å². The van der Waals surface area contributed by atoms with Gasteiger partial charge in [0, 0.05) is 18.8 Å². The molecule has 0 saturated carbocycles. The Labute approximate surface area is 125 Å². The summed E-state index contributed by atoms with van der Waals surface area (Å²) in [6.07, 6.45) is 2.66. The van der Waals surface area contributed by atoms with Crippen LogP contribution in [0, 0.1) is 5.82 Å². The maximum Gasteiger partial charge on any atom is 0.123 e. The Hall–Kier alpha value is -1.78. The van der Waals surface area contributed by atoms with Gasteiger partial charge < -0.3 is 5.73 Å². The van der Waals surface area contributed by atoms with Crippen LogP contribution >= 0.6 is 0 Å². The molecule has 4 heteroatoms. The highest BCUT2D eigenvalue weighted by Gasteiger charge is 2.24. The second kappa shape index (κ2) is 7.29. The molecule has 21 heavy (non-hydrogen) atoms. The fourth-order valence-electron chi connectivity index (χ4n) is 2.52. The highest BCUT2D eigenvalue weighted by molar-refractivity contribution is 5.17. The lowest BCUT2D eigenvalue weighted by molar-refractivity contribution is 0.197. The molecule has 2 rings (SSSR count). The lowest BCUT2D eigenvalue weighted by Gasteiger charge is -2.32. The Bertz CT molecular complexity index is 542. The van der Waals surface area contributed by atoms with Crippen LogP contribution < -0.4 is 5.73 Å². The van der Waals surface area contributed by atoms with Crippen molar-refractivity contribution in [2.24, 2.45) is 5.73 Å². The monoisotopic (exact) mass is 287 g/mol. The molecular weight excluding hydrogens is 265 g/mol. The van der Waals surface area contributed by atoms with E-state index in [9.17, 15) is 4.39 Å². The number of benzene rings is 1. The predicted octanol–water partition coefficient (Wildman–Crippen LogP) is 3.13. The van der Waals surface area contributed by atoms with Gasteiger partial charge >= 0.3 is 0 Å². The summed E-state index contributed by atoms with van der Waals surface area (Å²) in [6, 6.07) is 12.5. The number of nitrogens with two attached hydrogens (primary N) is 1. The third-order valence-electron chi connectivity index (χ3n) is 3.69. The molecule has 3 nitrogen and oxygen atoms in total. The predicted molar refractivity (Wildman–Crippen MR) is 83.1 cm³/mol. The molecule has 0 spiro atoms. The summed E-state index contributed by atoms with van der Waals surface area (Å²) in [5.74, 6) is -0.215. The van der Waals surface area contributed by atoms with Crippen LogP contribution in [-0.4, -0.2) is 23.0 Å².